The lowest BCUT2D eigenvalue weighted by atomic mass is 10.4. The molecule has 0 radical (unpaired) electrons. The van der Waals surface area contributed by atoms with Gasteiger partial charge < -0.3 is 0 Å². The summed E-state index contributed by atoms with van der Waals surface area (Å²) in [5.41, 5.74) is 0. The van der Waals surface area contributed by atoms with E-state index in [1.165, 1.54) is 0 Å². The number of hydrogen-bond donors (Lipinski definition) is 0. The second-order valence-corrected chi connectivity index (χ2v) is 4.35. The molecule has 0 N–H and O–H groups in total. The number of nitrogens with zero attached hydrogens (tertiary/aromatic N) is 2. The van der Waals surface area contributed by atoms with Crippen LogP contribution in [-0.2, 0) is 0 Å². The maximum Gasteiger partial charge on any atom is 0.131 e. The summed E-state index contributed by atoms with van der Waals surface area (Å²) >= 11 is 5.16. The zero-order valence-corrected chi connectivity index (χ0v) is 8.37. The van der Waals surface area contributed by atoms with Crippen LogP contribution in [0.5, 0.6) is 0 Å². The lowest BCUT2D eigenvalue weighted by Gasteiger charge is -1.97. The molecule has 0 spiro atoms. The Morgan fingerprint density at radius 3 is 2.70 bits per heavy atom. The average Bonchev–Trinajstić information content (AvgIpc) is 2.34. The van der Waals surface area contributed by atoms with Crippen molar-refractivity contribution in [2.24, 2.45) is 0 Å². The molecule has 0 aromatic carbocycles. The van der Waals surface area contributed by atoms with Crippen LogP contribution in [0.15, 0.2) is 0 Å². The fourth-order valence-electron chi connectivity index (χ4n) is 0.613. The first-order chi connectivity index (χ1) is 4.74. The number of halogens is 1. The van der Waals surface area contributed by atoms with Gasteiger partial charge in [0, 0.05) is 0 Å². The maximum atomic E-state index is 4.01. The van der Waals surface area contributed by atoms with Crippen LogP contribution in [0.2, 0.25) is 0 Å². The van der Waals surface area contributed by atoms with Gasteiger partial charge in [-0.05, 0) is 13.3 Å². The summed E-state index contributed by atoms with van der Waals surface area (Å²) in [6, 6.07) is 0. The van der Waals surface area contributed by atoms with E-state index in [2.05, 4.69) is 33.1 Å². The van der Waals surface area contributed by atoms with Crippen LogP contribution in [0.25, 0.3) is 0 Å². The molecule has 0 fully saturated rings. The summed E-state index contributed by atoms with van der Waals surface area (Å²) in [4.78, 5) is 0.388. The fraction of sp³-hybridized carbons (Fsp3) is 0.667. The molecule has 0 bridgehead atoms. The van der Waals surface area contributed by atoms with Gasteiger partial charge in [0.1, 0.15) is 10.0 Å². The van der Waals surface area contributed by atoms with Crippen LogP contribution < -0.4 is 0 Å². The molecule has 0 saturated carbocycles. The molecule has 10 heavy (non-hydrogen) atoms. The average molecular weight is 221 g/mol. The number of aryl methyl sites for hydroxylation is 1. The van der Waals surface area contributed by atoms with Gasteiger partial charge in [0.2, 0.25) is 0 Å². The second kappa shape index (κ2) is 3.44. The standard InChI is InChI=1S/C6H9BrN2S/c1-3-5(7)6-9-8-4(2)10-6/h5H,3H2,1-2H3. The number of aromatic nitrogens is 2. The van der Waals surface area contributed by atoms with E-state index in [4.69, 9.17) is 0 Å². The normalized spacial score (nSPS) is 13.5. The SMILES string of the molecule is CCC(Br)c1nnc(C)s1. The number of alkyl halides is 1. The Balaban J connectivity index is 2.74. The van der Waals surface area contributed by atoms with E-state index < -0.39 is 0 Å². The molecule has 0 amide bonds. The van der Waals surface area contributed by atoms with Crippen LogP contribution in [0.4, 0.5) is 0 Å². The van der Waals surface area contributed by atoms with Gasteiger partial charge in [-0.15, -0.1) is 21.5 Å². The molecule has 4 heteroatoms. The summed E-state index contributed by atoms with van der Waals surface area (Å²) in [6.07, 6.45) is 1.06. The molecular formula is C6H9BrN2S. The lowest BCUT2D eigenvalue weighted by Crippen LogP contribution is -1.84. The van der Waals surface area contributed by atoms with E-state index in [0.29, 0.717) is 4.83 Å². The van der Waals surface area contributed by atoms with Crippen LogP contribution in [0, 0.1) is 6.92 Å². The summed E-state index contributed by atoms with van der Waals surface area (Å²) in [6.45, 7) is 4.09. The second-order valence-electron chi connectivity index (χ2n) is 2.04. The van der Waals surface area contributed by atoms with Crippen LogP contribution in [0.3, 0.4) is 0 Å². The summed E-state index contributed by atoms with van der Waals surface area (Å²) < 4.78 is 0. The molecule has 56 valence electrons. The molecule has 1 rings (SSSR count). The van der Waals surface area contributed by atoms with E-state index in [1.54, 1.807) is 11.3 Å². The third-order valence-corrected chi connectivity index (χ3v) is 3.50. The Kier molecular flexibility index (Phi) is 2.80. The highest BCUT2D eigenvalue weighted by Crippen LogP contribution is 2.27. The summed E-state index contributed by atoms with van der Waals surface area (Å²) in [7, 11) is 0. The third kappa shape index (κ3) is 1.76. The van der Waals surface area contributed by atoms with Crippen molar-refractivity contribution in [1.82, 2.24) is 10.2 Å². The quantitative estimate of drug-likeness (QED) is 0.717. The summed E-state index contributed by atoms with van der Waals surface area (Å²) in [5, 5.41) is 10.1. The Morgan fingerprint density at radius 1 is 1.60 bits per heavy atom. The lowest BCUT2D eigenvalue weighted by molar-refractivity contribution is 0.865. The molecule has 1 heterocycles. The Labute approximate surface area is 72.8 Å². The van der Waals surface area contributed by atoms with Crippen LogP contribution >= 0.6 is 27.3 Å². The van der Waals surface area contributed by atoms with Gasteiger partial charge in [-0.1, -0.05) is 22.9 Å². The number of rotatable bonds is 2. The van der Waals surface area contributed by atoms with E-state index >= 15 is 0 Å². The zero-order valence-electron chi connectivity index (χ0n) is 5.97. The highest BCUT2D eigenvalue weighted by Gasteiger charge is 2.08. The van der Waals surface area contributed by atoms with E-state index in [0.717, 1.165) is 16.4 Å². The molecule has 1 aromatic heterocycles. The van der Waals surface area contributed by atoms with Gasteiger partial charge in [0.05, 0.1) is 4.83 Å². The van der Waals surface area contributed by atoms with Gasteiger partial charge in [0.15, 0.2) is 0 Å². The van der Waals surface area contributed by atoms with Gasteiger partial charge >= 0.3 is 0 Å². The maximum absolute atomic E-state index is 4.01. The first kappa shape index (κ1) is 8.14. The van der Waals surface area contributed by atoms with Crippen molar-refractivity contribution in [3.8, 4) is 0 Å². The minimum atomic E-state index is 0.388. The van der Waals surface area contributed by atoms with Crippen molar-refractivity contribution >= 4 is 27.3 Å². The molecule has 1 aromatic rings. The first-order valence-corrected chi connectivity index (χ1v) is 4.91. The largest absolute Gasteiger partial charge is 0.144 e. The fourth-order valence-corrected chi connectivity index (χ4v) is 1.75. The predicted octanol–water partition coefficient (Wildman–Crippen LogP) is 2.69. The van der Waals surface area contributed by atoms with Crippen molar-refractivity contribution in [1.29, 1.82) is 0 Å². The van der Waals surface area contributed by atoms with E-state index in [1.807, 2.05) is 6.92 Å². The molecule has 1 atom stereocenters. The van der Waals surface area contributed by atoms with E-state index in [-0.39, 0.29) is 0 Å². The smallest absolute Gasteiger partial charge is 0.131 e. The molecule has 1 unspecified atom stereocenters. The Hall–Kier alpha value is 0.0400. The van der Waals surface area contributed by atoms with Crippen LogP contribution in [0.1, 0.15) is 28.2 Å². The first-order valence-electron chi connectivity index (χ1n) is 3.18. The predicted molar refractivity (Wildman–Crippen MR) is 46.6 cm³/mol. The minimum Gasteiger partial charge on any atom is -0.144 e. The Morgan fingerprint density at radius 2 is 2.30 bits per heavy atom. The van der Waals surface area contributed by atoms with Crippen molar-refractivity contribution in [2.45, 2.75) is 25.1 Å². The van der Waals surface area contributed by atoms with Crippen molar-refractivity contribution < 1.29 is 0 Å². The van der Waals surface area contributed by atoms with E-state index in [9.17, 15) is 0 Å². The van der Waals surface area contributed by atoms with Gasteiger partial charge in [0.25, 0.3) is 0 Å². The van der Waals surface area contributed by atoms with Gasteiger partial charge in [-0.2, -0.15) is 0 Å². The molecule has 2 nitrogen and oxygen atoms in total. The highest BCUT2D eigenvalue weighted by molar-refractivity contribution is 9.09. The topological polar surface area (TPSA) is 25.8 Å². The zero-order chi connectivity index (χ0) is 7.56. The molecule has 0 saturated heterocycles. The van der Waals surface area contributed by atoms with Gasteiger partial charge in [-0.3, -0.25) is 0 Å². The molecule has 0 aliphatic heterocycles. The van der Waals surface area contributed by atoms with Crippen LogP contribution in [-0.4, -0.2) is 10.2 Å². The number of hydrogen-bond acceptors (Lipinski definition) is 3. The monoisotopic (exact) mass is 220 g/mol. The molecule has 0 aliphatic carbocycles. The molecular weight excluding hydrogens is 212 g/mol. The summed E-state index contributed by atoms with van der Waals surface area (Å²) in [5.74, 6) is 0. The molecule has 0 aliphatic rings. The van der Waals surface area contributed by atoms with Crippen molar-refractivity contribution in [3.63, 3.8) is 0 Å². The Bertz CT molecular complexity index is 211. The minimum absolute atomic E-state index is 0.388. The third-order valence-electron chi connectivity index (χ3n) is 1.17. The highest BCUT2D eigenvalue weighted by atomic mass is 79.9. The van der Waals surface area contributed by atoms with Crippen molar-refractivity contribution in [3.05, 3.63) is 10.0 Å². The van der Waals surface area contributed by atoms with Gasteiger partial charge in [-0.25, -0.2) is 0 Å². The van der Waals surface area contributed by atoms with Crippen molar-refractivity contribution in [2.75, 3.05) is 0 Å².